The van der Waals surface area contributed by atoms with Crippen molar-refractivity contribution in [2.45, 2.75) is 32.1 Å². The summed E-state index contributed by atoms with van der Waals surface area (Å²) in [5.74, 6) is 1.38. The van der Waals surface area contributed by atoms with Crippen molar-refractivity contribution in [2.75, 3.05) is 20.3 Å². The SMILES string of the molecule is COc1c(C)cc(C(Cl)C2CCCOC2)cc1C. The molecule has 1 aromatic rings. The van der Waals surface area contributed by atoms with E-state index in [-0.39, 0.29) is 5.38 Å². The van der Waals surface area contributed by atoms with Crippen LogP contribution in [0.2, 0.25) is 0 Å². The molecule has 1 aliphatic rings. The molecule has 3 heteroatoms. The number of aryl methyl sites for hydroxylation is 2. The topological polar surface area (TPSA) is 18.5 Å². The maximum atomic E-state index is 6.60. The number of hydrogen-bond acceptors (Lipinski definition) is 2. The molecule has 1 aromatic carbocycles. The Labute approximate surface area is 114 Å². The highest BCUT2D eigenvalue weighted by atomic mass is 35.5. The van der Waals surface area contributed by atoms with Crippen LogP contribution in [0.4, 0.5) is 0 Å². The minimum Gasteiger partial charge on any atom is -0.496 e. The van der Waals surface area contributed by atoms with Gasteiger partial charge in [0, 0.05) is 12.5 Å². The first-order valence-corrected chi connectivity index (χ1v) is 6.94. The summed E-state index contributed by atoms with van der Waals surface area (Å²) in [6.07, 6.45) is 2.26. The molecule has 0 aliphatic carbocycles. The van der Waals surface area contributed by atoms with Gasteiger partial charge in [-0.1, -0.05) is 12.1 Å². The number of hydrogen-bond donors (Lipinski definition) is 0. The second kappa shape index (κ2) is 5.94. The average Bonchev–Trinajstić information content (AvgIpc) is 2.38. The third kappa shape index (κ3) is 2.81. The summed E-state index contributed by atoms with van der Waals surface area (Å²) in [6, 6.07) is 4.27. The molecule has 0 bridgehead atoms. The number of benzene rings is 1. The lowest BCUT2D eigenvalue weighted by Gasteiger charge is -2.27. The Morgan fingerprint density at radius 2 is 2.00 bits per heavy atom. The van der Waals surface area contributed by atoms with Crippen LogP contribution in [-0.2, 0) is 4.74 Å². The van der Waals surface area contributed by atoms with E-state index in [0.29, 0.717) is 5.92 Å². The van der Waals surface area contributed by atoms with Crippen LogP contribution in [0.3, 0.4) is 0 Å². The van der Waals surface area contributed by atoms with E-state index in [9.17, 15) is 0 Å². The maximum Gasteiger partial charge on any atom is 0.124 e. The molecule has 2 unspecified atom stereocenters. The number of alkyl halides is 1. The van der Waals surface area contributed by atoms with Gasteiger partial charge in [-0.25, -0.2) is 0 Å². The second-order valence-electron chi connectivity index (χ2n) is 5.07. The van der Waals surface area contributed by atoms with E-state index < -0.39 is 0 Å². The zero-order valence-corrected chi connectivity index (χ0v) is 12.1. The van der Waals surface area contributed by atoms with Crippen LogP contribution in [0.15, 0.2) is 12.1 Å². The molecule has 0 N–H and O–H groups in total. The number of methoxy groups -OCH3 is 1. The molecule has 0 aromatic heterocycles. The Hall–Kier alpha value is -0.730. The molecule has 2 nitrogen and oxygen atoms in total. The van der Waals surface area contributed by atoms with Crippen molar-refractivity contribution in [3.05, 3.63) is 28.8 Å². The summed E-state index contributed by atoms with van der Waals surface area (Å²) in [7, 11) is 1.71. The highest BCUT2D eigenvalue weighted by molar-refractivity contribution is 6.21. The van der Waals surface area contributed by atoms with Gasteiger partial charge in [0.1, 0.15) is 5.75 Å². The molecule has 0 amide bonds. The lowest BCUT2D eigenvalue weighted by Crippen LogP contribution is -2.21. The van der Waals surface area contributed by atoms with Crippen LogP contribution in [0.5, 0.6) is 5.75 Å². The van der Waals surface area contributed by atoms with Gasteiger partial charge < -0.3 is 9.47 Å². The molecule has 18 heavy (non-hydrogen) atoms. The molecule has 0 spiro atoms. The minimum atomic E-state index is 0.0357. The van der Waals surface area contributed by atoms with Gasteiger partial charge in [0.25, 0.3) is 0 Å². The zero-order valence-electron chi connectivity index (χ0n) is 11.3. The van der Waals surface area contributed by atoms with E-state index >= 15 is 0 Å². The molecule has 1 fully saturated rings. The summed E-state index contributed by atoms with van der Waals surface area (Å²) < 4.78 is 10.9. The normalized spacial score (nSPS) is 21.7. The quantitative estimate of drug-likeness (QED) is 0.771. The Morgan fingerprint density at radius 1 is 1.33 bits per heavy atom. The molecule has 1 heterocycles. The lowest BCUT2D eigenvalue weighted by atomic mass is 9.91. The maximum absolute atomic E-state index is 6.60. The van der Waals surface area contributed by atoms with E-state index in [1.807, 2.05) is 0 Å². The Balaban J connectivity index is 2.22. The van der Waals surface area contributed by atoms with Crippen molar-refractivity contribution >= 4 is 11.6 Å². The third-order valence-electron chi connectivity index (χ3n) is 3.61. The highest BCUT2D eigenvalue weighted by Crippen LogP contribution is 2.37. The fourth-order valence-corrected chi connectivity index (χ4v) is 3.06. The monoisotopic (exact) mass is 268 g/mol. The predicted molar refractivity (Wildman–Crippen MR) is 74.6 cm³/mol. The highest BCUT2D eigenvalue weighted by Gasteiger charge is 2.24. The van der Waals surface area contributed by atoms with Gasteiger partial charge in [-0.15, -0.1) is 11.6 Å². The van der Waals surface area contributed by atoms with Crippen molar-refractivity contribution in [2.24, 2.45) is 5.92 Å². The Kier molecular flexibility index (Phi) is 4.52. The van der Waals surface area contributed by atoms with E-state index in [1.165, 1.54) is 5.56 Å². The van der Waals surface area contributed by atoms with E-state index in [0.717, 1.165) is 42.9 Å². The van der Waals surface area contributed by atoms with Gasteiger partial charge in [-0.2, -0.15) is 0 Å². The Morgan fingerprint density at radius 3 is 2.50 bits per heavy atom. The van der Waals surface area contributed by atoms with Gasteiger partial charge in [0.2, 0.25) is 0 Å². The van der Waals surface area contributed by atoms with Crippen LogP contribution < -0.4 is 4.74 Å². The van der Waals surface area contributed by atoms with Crippen molar-refractivity contribution in [1.29, 1.82) is 0 Å². The summed E-state index contributed by atoms with van der Waals surface area (Å²) >= 11 is 6.60. The van der Waals surface area contributed by atoms with E-state index in [2.05, 4.69) is 26.0 Å². The summed E-state index contributed by atoms with van der Waals surface area (Å²) in [4.78, 5) is 0. The van der Waals surface area contributed by atoms with Crippen molar-refractivity contribution in [3.8, 4) is 5.75 Å². The van der Waals surface area contributed by atoms with E-state index in [4.69, 9.17) is 21.1 Å². The summed E-state index contributed by atoms with van der Waals surface area (Å²) in [6.45, 7) is 5.78. The summed E-state index contributed by atoms with van der Waals surface area (Å²) in [5.41, 5.74) is 3.48. The molecule has 2 atom stereocenters. The first kappa shape index (κ1) is 13.7. The minimum absolute atomic E-state index is 0.0357. The standard InChI is InChI=1S/C15H21ClO2/c1-10-7-13(8-11(2)15(10)17-3)14(16)12-5-4-6-18-9-12/h7-8,12,14H,4-6,9H2,1-3H3. The zero-order chi connectivity index (χ0) is 13.1. The van der Waals surface area contributed by atoms with Crippen LogP contribution >= 0.6 is 11.6 Å². The molecule has 0 radical (unpaired) electrons. The first-order chi connectivity index (χ1) is 8.63. The largest absolute Gasteiger partial charge is 0.496 e. The fourth-order valence-electron chi connectivity index (χ4n) is 2.73. The van der Waals surface area contributed by atoms with Crippen LogP contribution in [0, 0.1) is 19.8 Å². The third-order valence-corrected chi connectivity index (χ3v) is 4.22. The van der Waals surface area contributed by atoms with Crippen LogP contribution in [0.25, 0.3) is 0 Å². The van der Waals surface area contributed by atoms with E-state index in [1.54, 1.807) is 7.11 Å². The average molecular weight is 269 g/mol. The van der Waals surface area contributed by atoms with Crippen LogP contribution in [-0.4, -0.2) is 20.3 Å². The van der Waals surface area contributed by atoms with Gasteiger partial charge >= 0.3 is 0 Å². The smallest absolute Gasteiger partial charge is 0.124 e. The molecule has 1 saturated heterocycles. The second-order valence-corrected chi connectivity index (χ2v) is 5.54. The molecule has 100 valence electrons. The number of ether oxygens (including phenoxy) is 2. The van der Waals surface area contributed by atoms with Crippen LogP contribution in [0.1, 0.15) is 34.9 Å². The van der Waals surface area contributed by atoms with Gasteiger partial charge in [0.05, 0.1) is 19.1 Å². The molecule has 1 aliphatic heterocycles. The number of rotatable bonds is 3. The van der Waals surface area contributed by atoms with Gasteiger partial charge in [-0.05, 0) is 43.4 Å². The fraction of sp³-hybridized carbons (Fsp3) is 0.600. The van der Waals surface area contributed by atoms with Crippen molar-refractivity contribution in [1.82, 2.24) is 0 Å². The van der Waals surface area contributed by atoms with Gasteiger partial charge in [0.15, 0.2) is 0 Å². The number of halogens is 1. The molecule has 0 saturated carbocycles. The first-order valence-electron chi connectivity index (χ1n) is 6.50. The molecule has 2 rings (SSSR count). The molecular formula is C15H21ClO2. The molecular weight excluding hydrogens is 248 g/mol. The van der Waals surface area contributed by atoms with Gasteiger partial charge in [-0.3, -0.25) is 0 Å². The van der Waals surface area contributed by atoms with Crippen molar-refractivity contribution < 1.29 is 9.47 Å². The Bertz CT molecular complexity index is 388. The summed E-state index contributed by atoms with van der Waals surface area (Å²) in [5, 5.41) is 0.0357. The lowest BCUT2D eigenvalue weighted by molar-refractivity contribution is 0.0531. The predicted octanol–water partition coefficient (Wildman–Crippen LogP) is 4.02. The van der Waals surface area contributed by atoms with Crippen molar-refractivity contribution in [3.63, 3.8) is 0 Å².